The second kappa shape index (κ2) is 3.96. The molecule has 1 aromatic rings. The number of sulfonamides is 1. The Hall–Kier alpha value is -1.07. The lowest BCUT2D eigenvalue weighted by Crippen LogP contribution is -2.30. The van der Waals surface area contributed by atoms with Crippen molar-refractivity contribution >= 4 is 15.7 Å². The molecule has 4 nitrogen and oxygen atoms in total. The molecule has 3 N–H and O–H groups in total. The molecule has 1 aliphatic rings. The number of hydrogen-bond acceptors (Lipinski definition) is 3. The maximum absolute atomic E-state index is 12.4. The predicted octanol–water partition coefficient (Wildman–Crippen LogP) is 2.29. The highest BCUT2D eigenvalue weighted by atomic mass is 32.2. The van der Waals surface area contributed by atoms with Crippen LogP contribution < -0.4 is 10.5 Å². The second-order valence-corrected chi connectivity index (χ2v) is 8.21. The Morgan fingerprint density at radius 2 is 1.68 bits per heavy atom. The maximum Gasteiger partial charge on any atom is 0.241 e. The molecule has 0 aliphatic heterocycles. The first kappa shape index (κ1) is 14.3. The highest BCUT2D eigenvalue weighted by Gasteiger charge is 2.66. The topological polar surface area (TPSA) is 72.2 Å². The smallest absolute Gasteiger partial charge is 0.241 e. The lowest BCUT2D eigenvalue weighted by molar-refractivity contribution is 0.457. The number of nitrogens with two attached hydrogens (primary N) is 1. The zero-order valence-electron chi connectivity index (χ0n) is 12.1. The molecule has 19 heavy (non-hydrogen) atoms. The van der Waals surface area contributed by atoms with Gasteiger partial charge in [0.05, 0.1) is 4.90 Å². The number of anilines is 1. The number of aryl methyl sites for hydroxylation is 1. The van der Waals surface area contributed by atoms with Gasteiger partial charge in [-0.15, -0.1) is 0 Å². The minimum Gasteiger partial charge on any atom is -0.399 e. The Kier molecular flexibility index (Phi) is 2.99. The van der Waals surface area contributed by atoms with Crippen LogP contribution in [0.15, 0.2) is 23.1 Å². The minimum absolute atomic E-state index is 0.0260. The lowest BCUT2D eigenvalue weighted by atomic mass is 10.0. The van der Waals surface area contributed by atoms with Crippen LogP contribution in [-0.4, -0.2) is 14.5 Å². The van der Waals surface area contributed by atoms with E-state index in [4.69, 9.17) is 5.73 Å². The first-order chi connectivity index (χ1) is 8.50. The summed E-state index contributed by atoms with van der Waals surface area (Å²) in [5.41, 5.74) is 6.85. The Bertz CT molecular complexity index is 604. The molecule has 1 aromatic carbocycles. The highest BCUT2D eigenvalue weighted by Crippen LogP contribution is 2.62. The molecule has 5 heteroatoms. The van der Waals surface area contributed by atoms with Gasteiger partial charge in [0.1, 0.15) is 0 Å². The van der Waals surface area contributed by atoms with Gasteiger partial charge in [0.15, 0.2) is 0 Å². The molecule has 0 saturated heterocycles. The van der Waals surface area contributed by atoms with Crippen molar-refractivity contribution in [3.8, 4) is 0 Å². The first-order valence-corrected chi connectivity index (χ1v) is 7.87. The van der Waals surface area contributed by atoms with Gasteiger partial charge in [0, 0.05) is 11.7 Å². The molecule has 0 bridgehead atoms. The van der Waals surface area contributed by atoms with Crippen molar-refractivity contribution in [2.24, 2.45) is 10.8 Å². The summed E-state index contributed by atoms with van der Waals surface area (Å²) >= 11 is 0. The summed E-state index contributed by atoms with van der Waals surface area (Å²) < 4.78 is 27.7. The molecule has 1 saturated carbocycles. The number of hydrogen-bond donors (Lipinski definition) is 2. The summed E-state index contributed by atoms with van der Waals surface area (Å²) in [6, 6.07) is 4.82. The van der Waals surface area contributed by atoms with Crippen LogP contribution in [0, 0.1) is 17.8 Å². The SMILES string of the molecule is Cc1cc(N)ccc1S(=O)(=O)NC1C(C)(C)C1(C)C. The lowest BCUT2D eigenvalue weighted by Gasteiger charge is -2.11. The molecule has 0 amide bonds. The third kappa shape index (κ3) is 2.15. The summed E-state index contributed by atoms with van der Waals surface area (Å²) in [4.78, 5) is 0.306. The van der Waals surface area contributed by atoms with Crippen LogP contribution in [0.2, 0.25) is 0 Å². The highest BCUT2D eigenvalue weighted by molar-refractivity contribution is 7.89. The molecule has 0 aromatic heterocycles. The molecule has 1 aliphatic carbocycles. The third-order valence-electron chi connectivity index (χ3n) is 4.78. The fourth-order valence-electron chi connectivity index (χ4n) is 2.68. The van der Waals surface area contributed by atoms with Crippen molar-refractivity contribution in [2.45, 2.75) is 45.6 Å². The van der Waals surface area contributed by atoms with Gasteiger partial charge in [-0.2, -0.15) is 0 Å². The molecule has 106 valence electrons. The average molecular weight is 282 g/mol. The van der Waals surface area contributed by atoms with Crippen molar-refractivity contribution in [3.05, 3.63) is 23.8 Å². The van der Waals surface area contributed by atoms with E-state index in [0.717, 1.165) is 0 Å². The van der Waals surface area contributed by atoms with Gasteiger partial charge >= 0.3 is 0 Å². The van der Waals surface area contributed by atoms with E-state index in [0.29, 0.717) is 16.1 Å². The maximum atomic E-state index is 12.4. The van der Waals surface area contributed by atoms with Crippen molar-refractivity contribution in [1.82, 2.24) is 4.72 Å². The average Bonchev–Trinajstić information content (AvgIpc) is 2.59. The molecule has 2 rings (SSSR count). The summed E-state index contributed by atoms with van der Waals surface area (Å²) in [5, 5.41) is 0. The fourth-order valence-corrected chi connectivity index (χ4v) is 4.44. The van der Waals surface area contributed by atoms with E-state index in [9.17, 15) is 8.42 Å². The van der Waals surface area contributed by atoms with Crippen LogP contribution in [0.4, 0.5) is 5.69 Å². The molecule has 0 unspecified atom stereocenters. The molecular formula is C14H22N2O2S. The number of rotatable bonds is 3. The van der Waals surface area contributed by atoms with Crippen molar-refractivity contribution < 1.29 is 8.42 Å². The van der Waals surface area contributed by atoms with Crippen LogP contribution >= 0.6 is 0 Å². The Balaban J connectivity index is 2.30. The number of benzene rings is 1. The third-order valence-corrected chi connectivity index (χ3v) is 6.37. The summed E-state index contributed by atoms with van der Waals surface area (Å²) in [7, 11) is -3.49. The van der Waals surface area contributed by atoms with Gasteiger partial charge < -0.3 is 5.73 Å². The van der Waals surface area contributed by atoms with E-state index in [-0.39, 0.29) is 16.9 Å². The number of nitrogen functional groups attached to an aromatic ring is 1. The van der Waals surface area contributed by atoms with Crippen LogP contribution in [0.3, 0.4) is 0 Å². The Morgan fingerprint density at radius 3 is 2.11 bits per heavy atom. The van der Waals surface area contributed by atoms with Gasteiger partial charge in [-0.1, -0.05) is 27.7 Å². The second-order valence-electron chi connectivity index (χ2n) is 6.52. The zero-order valence-corrected chi connectivity index (χ0v) is 12.9. The molecular weight excluding hydrogens is 260 g/mol. The minimum atomic E-state index is -3.49. The molecule has 0 atom stereocenters. The molecule has 1 fully saturated rings. The zero-order chi connectivity index (χ0) is 14.6. The summed E-state index contributed by atoms with van der Waals surface area (Å²) in [5.74, 6) is 0. The summed E-state index contributed by atoms with van der Waals surface area (Å²) in [6.07, 6.45) is 0. The van der Waals surface area contributed by atoms with Crippen LogP contribution in [0.1, 0.15) is 33.3 Å². The normalized spacial score (nSPS) is 21.3. The van der Waals surface area contributed by atoms with E-state index in [1.165, 1.54) is 0 Å². The largest absolute Gasteiger partial charge is 0.399 e. The van der Waals surface area contributed by atoms with Gasteiger partial charge in [0.25, 0.3) is 0 Å². The quantitative estimate of drug-likeness (QED) is 0.835. The first-order valence-electron chi connectivity index (χ1n) is 6.38. The van der Waals surface area contributed by atoms with Crippen LogP contribution in [0.5, 0.6) is 0 Å². The number of nitrogens with one attached hydrogen (secondary N) is 1. The van der Waals surface area contributed by atoms with Gasteiger partial charge in [0.2, 0.25) is 10.0 Å². The summed E-state index contributed by atoms with van der Waals surface area (Å²) in [6.45, 7) is 10.1. The van der Waals surface area contributed by atoms with Crippen molar-refractivity contribution in [3.63, 3.8) is 0 Å². The van der Waals surface area contributed by atoms with E-state index in [2.05, 4.69) is 32.4 Å². The Labute approximate surface area is 115 Å². The predicted molar refractivity (Wildman–Crippen MR) is 77.3 cm³/mol. The van der Waals surface area contributed by atoms with Gasteiger partial charge in [-0.3, -0.25) is 0 Å². The molecule has 0 radical (unpaired) electrons. The molecule has 0 spiro atoms. The molecule has 0 heterocycles. The van der Waals surface area contributed by atoms with Crippen LogP contribution in [-0.2, 0) is 10.0 Å². The monoisotopic (exact) mass is 282 g/mol. The Morgan fingerprint density at radius 1 is 1.16 bits per heavy atom. The van der Waals surface area contributed by atoms with Gasteiger partial charge in [-0.05, 0) is 41.5 Å². The van der Waals surface area contributed by atoms with Crippen LogP contribution in [0.25, 0.3) is 0 Å². The fraction of sp³-hybridized carbons (Fsp3) is 0.571. The van der Waals surface area contributed by atoms with E-state index >= 15 is 0 Å². The van der Waals surface area contributed by atoms with E-state index in [1.54, 1.807) is 25.1 Å². The van der Waals surface area contributed by atoms with Crippen molar-refractivity contribution in [2.75, 3.05) is 5.73 Å². The van der Waals surface area contributed by atoms with Gasteiger partial charge in [-0.25, -0.2) is 13.1 Å². The van der Waals surface area contributed by atoms with Crippen molar-refractivity contribution in [1.29, 1.82) is 0 Å². The van der Waals surface area contributed by atoms with E-state index in [1.807, 2.05) is 0 Å². The standard InChI is InChI=1S/C14H22N2O2S/c1-9-8-10(15)6-7-11(9)19(17,18)16-12-13(2,3)14(12,4)5/h6-8,12,16H,15H2,1-5H3. The van der Waals surface area contributed by atoms with E-state index < -0.39 is 10.0 Å².